The summed E-state index contributed by atoms with van der Waals surface area (Å²) in [6.45, 7) is 0.800. The molecule has 0 radical (unpaired) electrons. The molecule has 0 amide bonds. The van der Waals surface area contributed by atoms with Gasteiger partial charge >= 0.3 is 0 Å². The molecule has 2 nitrogen and oxygen atoms in total. The molecule has 0 saturated carbocycles. The SMILES string of the molecule is COCC(CO)Cc1ccccc1. The second-order valence-corrected chi connectivity index (χ2v) is 3.19. The molecule has 0 fully saturated rings. The van der Waals surface area contributed by atoms with E-state index >= 15 is 0 Å². The van der Waals surface area contributed by atoms with Gasteiger partial charge in [-0.2, -0.15) is 0 Å². The van der Waals surface area contributed by atoms with Crippen molar-refractivity contribution in [3.63, 3.8) is 0 Å². The molecular weight excluding hydrogens is 164 g/mol. The van der Waals surface area contributed by atoms with Crippen molar-refractivity contribution in [1.29, 1.82) is 0 Å². The first-order valence-electron chi connectivity index (χ1n) is 4.50. The van der Waals surface area contributed by atoms with Crippen LogP contribution in [0.15, 0.2) is 30.3 Å². The van der Waals surface area contributed by atoms with Crippen molar-refractivity contribution in [2.75, 3.05) is 20.3 Å². The van der Waals surface area contributed by atoms with Crippen LogP contribution in [0.4, 0.5) is 0 Å². The Morgan fingerprint density at radius 2 is 2.00 bits per heavy atom. The number of hydrogen-bond donors (Lipinski definition) is 1. The van der Waals surface area contributed by atoms with E-state index in [0.717, 1.165) is 6.42 Å². The fraction of sp³-hybridized carbons (Fsp3) is 0.455. The monoisotopic (exact) mass is 180 g/mol. The summed E-state index contributed by atoms with van der Waals surface area (Å²) in [5.41, 5.74) is 1.25. The maximum Gasteiger partial charge on any atom is 0.0515 e. The molecule has 0 saturated heterocycles. The minimum atomic E-state index is 0.183. The van der Waals surface area contributed by atoms with Gasteiger partial charge in [0.15, 0.2) is 0 Å². The summed E-state index contributed by atoms with van der Waals surface area (Å²) in [5.74, 6) is 0.215. The predicted octanol–water partition coefficient (Wildman–Crippen LogP) is 1.48. The zero-order valence-electron chi connectivity index (χ0n) is 7.94. The number of aliphatic hydroxyl groups excluding tert-OH is 1. The highest BCUT2D eigenvalue weighted by Crippen LogP contribution is 2.08. The van der Waals surface area contributed by atoms with Crippen molar-refractivity contribution >= 4 is 0 Å². The van der Waals surface area contributed by atoms with Gasteiger partial charge in [-0.15, -0.1) is 0 Å². The summed E-state index contributed by atoms with van der Waals surface area (Å²) in [6, 6.07) is 10.2. The van der Waals surface area contributed by atoms with Gasteiger partial charge in [-0.25, -0.2) is 0 Å². The number of benzene rings is 1. The number of methoxy groups -OCH3 is 1. The Labute approximate surface area is 79.2 Å². The molecule has 1 atom stereocenters. The average Bonchev–Trinajstić information content (AvgIpc) is 2.19. The van der Waals surface area contributed by atoms with Crippen molar-refractivity contribution in [1.82, 2.24) is 0 Å². The maximum atomic E-state index is 9.04. The van der Waals surface area contributed by atoms with Crippen molar-refractivity contribution in [2.24, 2.45) is 5.92 Å². The van der Waals surface area contributed by atoms with E-state index in [1.807, 2.05) is 18.2 Å². The average molecular weight is 180 g/mol. The van der Waals surface area contributed by atoms with Crippen LogP contribution in [0, 0.1) is 5.92 Å². The first-order chi connectivity index (χ1) is 6.36. The number of aliphatic hydroxyl groups is 1. The highest BCUT2D eigenvalue weighted by Gasteiger charge is 2.07. The third-order valence-electron chi connectivity index (χ3n) is 2.03. The minimum absolute atomic E-state index is 0.183. The fourth-order valence-corrected chi connectivity index (χ4v) is 1.36. The van der Waals surface area contributed by atoms with Gasteiger partial charge in [0, 0.05) is 19.6 Å². The summed E-state index contributed by atoms with van der Waals surface area (Å²) in [5, 5.41) is 9.04. The standard InChI is InChI=1S/C11H16O2/c1-13-9-11(8-12)7-10-5-3-2-4-6-10/h2-6,11-12H,7-9H2,1H3. The Bertz CT molecular complexity index is 221. The molecule has 0 spiro atoms. The lowest BCUT2D eigenvalue weighted by Crippen LogP contribution is -2.15. The van der Waals surface area contributed by atoms with Gasteiger partial charge in [-0.3, -0.25) is 0 Å². The fourth-order valence-electron chi connectivity index (χ4n) is 1.36. The number of hydrogen-bond acceptors (Lipinski definition) is 2. The number of ether oxygens (including phenoxy) is 1. The summed E-state index contributed by atoms with van der Waals surface area (Å²) in [4.78, 5) is 0. The van der Waals surface area contributed by atoms with E-state index in [9.17, 15) is 0 Å². The highest BCUT2D eigenvalue weighted by atomic mass is 16.5. The molecule has 1 aromatic carbocycles. The first-order valence-corrected chi connectivity index (χ1v) is 4.50. The molecular formula is C11H16O2. The van der Waals surface area contributed by atoms with Crippen LogP contribution in [0.5, 0.6) is 0 Å². The zero-order chi connectivity index (χ0) is 9.52. The Morgan fingerprint density at radius 3 is 2.54 bits per heavy atom. The van der Waals surface area contributed by atoms with Crippen LogP contribution in [-0.4, -0.2) is 25.4 Å². The molecule has 72 valence electrons. The Morgan fingerprint density at radius 1 is 1.31 bits per heavy atom. The van der Waals surface area contributed by atoms with Gasteiger partial charge < -0.3 is 9.84 Å². The van der Waals surface area contributed by atoms with E-state index in [0.29, 0.717) is 6.61 Å². The van der Waals surface area contributed by atoms with E-state index in [2.05, 4.69) is 12.1 Å². The van der Waals surface area contributed by atoms with Gasteiger partial charge in [0.25, 0.3) is 0 Å². The molecule has 1 N–H and O–H groups in total. The van der Waals surface area contributed by atoms with E-state index in [4.69, 9.17) is 9.84 Å². The molecule has 1 unspecified atom stereocenters. The predicted molar refractivity (Wildman–Crippen MR) is 52.6 cm³/mol. The largest absolute Gasteiger partial charge is 0.396 e. The minimum Gasteiger partial charge on any atom is -0.396 e. The molecule has 1 aromatic rings. The molecule has 0 aliphatic rings. The third-order valence-corrected chi connectivity index (χ3v) is 2.03. The lowest BCUT2D eigenvalue weighted by Gasteiger charge is -2.12. The van der Waals surface area contributed by atoms with Crippen LogP contribution in [0.3, 0.4) is 0 Å². The molecule has 1 rings (SSSR count). The quantitative estimate of drug-likeness (QED) is 0.743. The second kappa shape index (κ2) is 5.73. The molecule has 13 heavy (non-hydrogen) atoms. The van der Waals surface area contributed by atoms with Crippen LogP contribution < -0.4 is 0 Å². The van der Waals surface area contributed by atoms with Gasteiger partial charge in [-0.05, 0) is 12.0 Å². The summed E-state index contributed by atoms with van der Waals surface area (Å²) in [7, 11) is 1.66. The summed E-state index contributed by atoms with van der Waals surface area (Å²) in [6.07, 6.45) is 0.880. The Hall–Kier alpha value is -0.860. The molecule has 0 aliphatic heterocycles. The molecule has 0 bridgehead atoms. The van der Waals surface area contributed by atoms with Gasteiger partial charge in [0.05, 0.1) is 6.61 Å². The van der Waals surface area contributed by atoms with E-state index in [1.165, 1.54) is 5.56 Å². The summed E-state index contributed by atoms with van der Waals surface area (Å²) >= 11 is 0. The smallest absolute Gasteiger partial charge is 0.0515 e. The van der Waals surface area contributed by atoms with E-state index < -0.39 is 0 Å². The van der Waals surface area contributed by atoms with Crippen LogP contribution in [0.25, 0.3) is 0 Å². The topological polar surface area (TPSA) is 29.5 Å². The Kier molecular flexibility index (Phi) is 4.50. The van der Waals surface area contributed by atoms with Crippen molar-refractivity contribution in [2.45, 2.75) is 6.42 Å². The van der Waals surface area contributed by atoms with Crippen LogP contribution >= 0.6 is 0 Å². The van der Waals surface area contributed by atoms with Crippen LogP contribution in [0.1, 0.15) is 5.56 Å². The molecule has 0 heterocycles. The maximum absolute atomic E-state index is 9.04. The number of rotatable bonds is 5. The first kappa shape index (κ1) is 10.2. The molecule has 2 heteroatoms. The van der Waals surface area contributed by atoms with Crippen molar-refractivity contribution in [3.05, 3.63) is 35.9 Å². The zero-order valence-corrected chi connectivity index (χ0v) is 7.94. The van der Waals surface area contributed by atoms with Crippen LogP contribution in [0.2, 0.25) is 0 Å². The summed E-state index contributed by atoms with van der Waals surface area (Å²) < 4.78 is 5.01. The van der Waals surface area contributed by atoms with Gasteiger partial charge in [-0.1, -0.05) is 30.3 Å². The van der Waals surface area contributed by atoms with Gasteiger partial charge in [0.1, 0.15) is 0 Å². The second-order valence-electron chi connectivity index (χ2n) is 3.19. The van der Waals surface area contributed by atoms with E-state index in [-0.39, 0.29) is 12.5 Å². The van der Waals surface area contributed by atoms with E-state index in [1.54, 1.807) is 7.11 Å². The highest BCUT2D eigenvalue weighted by molar-refractivity contribution is 5.15. The van der Waals surface area contributed by atoms with Crippen LogP contribution in [-0.2, 0) is 11.2 Å². The Balaban J connectivity index is 2.46. The van der Waals surface area contributed by atoms with Crippen molar-refractivity contribution < 1.29 is 9.84 Å². The van der Waals surface area contributed by atoms with Gasteiger partial charge in [0.2, 0.25) is 0 Å². The molecule has 0 aromatic heterocycles. The third kappa shape index (κ3) is 3.57. The molecule has 0 aliphatic carbocycles. The lowest BCUT2D eigenvalue weighted by atomic mass is 10.0. The lowest BCUT2D eigenvalue weighted by molar-refractivity contribution is 0.110. The van der Waals surface area contributed by atoms with Crippen molar-refractivity contribution in [3.8, 4) is 0 Å². The normalized spacial score (nSPS) is 12.8.